The smallest absolute Gasteiger partial charge is 0.248 e. The Labute approximate surface area is 131 Å². The Morgan fingerprint density at radius 2 is 1.67 bits per heavy atom. The number of benzene rings is 2. The van der Waals surface area contributed by atoms with Crippen LogP contribution in [0.15, 0.2) is 42.5 Å². The number of hydrogen-bond donors (Lipinski definition) is 2. The molecule has 0 aromatic heterocycles. The van der Waals surface area contributed by atoms with E-state index in [2.05, 4.69) is 5.32 Å². The molecule has 6 heteroatoms. The van der Waals surface area contributed by atoms with E-state index >= 15 is 0 Å². The average Bonchev–Trinajstić information content (AvgIpc) is 2.43. The molecule has 4 nitrogen and oxygen atoms in total. The van der Waals surface area contributed by atoms with Gasteiger partial charge < -0.3 is 11.1 Å². The van der Waals surface area contributed by atoms with E-state index in [0.717, 1.165) is 0 Å². The molecule has 0 radical (unpaired) electrons. The molecular weight excluding hydrogens is 311 g/mol. The van der Waals surface area contributed by atoms with Gasteiger partial charge in [-0.1, -0.05) is 35.3 Å². The highest BCUT2D eigenvalue weighted by molar-refractivity contribution is 6.36. The molecule has 2 amide bonds. The average molecular weight is 323 g/mol. The van der Waals surface area contributed by atoms with Gasteiger partial charge in [-0.3, -0.25) is 9.59 Å². The van der Waals surface area contributed by atoms with E-state index in [1.165, 1.54) is 6.07 Å². The maximum Gasteiger partial charge on any atom is 0.248 e. The van der Waals surface area contributed by atoms with Crippen LogP contribution in [0.2, 0.25) is 10.0 Å². The lowest BCUT2D eigenvalue weighted by molar-refractivity contribution is -0.115. The molecule has 2 aromatic carbocycles. The highest BCUT2D eigenvalue weighted by Crippen LogP contribution is 2.25. The number of rotatable bonds is 4. The zero-order chi connectivity index (χ0) is 15.4. The van der Waals surface area contributed by atoms with Crippen LogP contribution in [-0.4, -0.2) is 11.8 Å². The predicted molar refractivity (Wildman–Crippen MR) is 83.8 cm³/mol. The number of nitrogens with one attached hydrogen (secondary N) is 1. The van der Waals surface area contributed by atoms with E-state index in [9.17, 15) is 9.59 Å². The standard InChI is InChI=1S/C15H12Cl2N2O2/c16-12-5-2-6-13(17)11(12)8-14(20)19-10-4-1-3-9(7-10)15(18)21/h1-7H,8H2,(H2,18,21)(H,19,20). The van der Waals surface area contributed by atoms with Crippen molar-refractivity contribution in [2.24, 2.45) is 5.73 Å². The van der Waals surface area contributed by atoms with Crippen LogP contribution < -0.4 is 11.1 Å². The summed E-state index contributed by atoms with van der Waals surface area (Å²) < 4.78 is 0. The van der Waals surface area contributed by atoms with Crippen molar-refractivity contribution in [3.63, 3.8) is 0 Å². The van der Waals surface area contributed by atoms with E-state index in [1.54, 1.807) is 36.4 Å². The summed E-state index contributed by atoms with van der Waals surface area (Å²) in [6, 6.07) is 11.4. The van der Waals surface area contributed by atoms with Gasteiger partial charge in [0.2, 0.25) is 11.8 Å². The van der Waals surface area contributed by atoms with E-state index in [-0.39, 0.29) is 12.3 Å². The third-order valence-corrected chi connectivity index (χ3v) is 3.54. The van der Waals surface area contributed by atoms with Crippen LogP contribution in [0.3, 0.4) is 0 Å². The highest BCUT2D eigenvalue weighted by atomic mass is 35.5. The second-order valence-corrected chi connectivity index (χ2v) is 5.18. The number of amides is 2. The minimum absolute atomic E-state index is 0.0410. The molecular formula is C15H12Cl2N2O2. The lowest BCUT2D eigenvalue weighted by Gasteiger charge is -2.08. The molecule has 0 heterocycles. The monoisotopic (exact) mass is 322 g/mol. The number of hydrogen-bond acceptors (Lipinski definition) is 2. The van der Waals surface area contributed by atoms with Gasteiger partial charge in [0.25, 0.3) is 0 Å². The first-order valence-corrected chi connectivity index (χ1v) is 6.85. The summed E-state index contributed by atoms with van der Waals surface area (Å²) in [5.41, 5.74) is 6.56. The molecule has 3 N–H and O–H groups in total. The maximum absolute atomic E-state index is 12.0. The summed E-state index contributed by atoms with van der Waals surface area (Å²) in [6.07, 6.45) is 0.0410. The van der Waals surface area contributed by atoms with E-state index in [4.69, 9.17) is 28.9 Å². The van der Waals surface area contributed by atoms with Crippen LogP contribution >= 0.6 is 23.2 Å². The molecule has 2 aromatic rings. The fourth-order valence-corrected chi connectivity index (χ4v) is 2.35. The quantitative estimate of drug-likeness (QED) is 0.906. The Hall–Kier alpha value is -2.04. The van der Waals surface area contributed by atoms with Crippen LogP contribution in [0, 0.1) is 0 Å². The van der Waals surface area contributed by atoms with Gasteiger partial charge in [0.1, 0.15) is 0 Å². The van der Waals surface area contributed by atoms with Crippen LogP contribution in [-0.2, 0) is 11.2 Å². The van der Waals surface area contributed by atoms with Crippen LogP contribution in [0.25, 0.3) is 0 Å². The lowest BCUT2D eigenvalue weighted by Crippen LogP contribution is -2.16. The predicted octanol–water partition coefficient (Wildman–Crippen LogP) is 3.27. The summed E-state index contributed by atoms with van der Waals surface area (Å²) in [6.45, 7) is 0. The number of primary amides is 1. The van der Waals surface area contributed by atoms with Crippen molar-refractivity contribution in [1.29, 1.82) is 0 Å². The Balaban J connectivity index is 2.12. The molecule has 2 rings (SSSR count). The second kappa shape index (κ2) is 6.61. The molecule has 0 unspecified atom stereocenters. The number of carbonyl (C=O) groups is 2. The lowest BCUT2D eigenvalue weighted by atomic mass is 10.1. The van der Waals surface area contributed by atoms with Crippen molar-refractivity contribution in [1.82, 2.24) is 0 Å². The molecule has 0 atom stereocenters. The first-order chi connectivity index (χ1) is 9.97. The zero-order valence-corrected chi connectivity index (χ0v) is 12.4. The molecule has 0 fully saturated rings. The van der Waals surface area contributed by atoms with Crippen molar-refractivity contribution in [2.45, 2.75) is 6.42 Å². The number of carbonyl (C=O) groups excluding carboxylic acids is 2. The summed E-state index contributed by atoms with van der Waals surface area (Å²) in [7, 11) is 0. The third-order valence-electron chi connectivity index (χ3n) is 2.83. The minimum atomic E-state index is -0.555. The SMILES string of the molecule is NC(=O)c1cccc(NC(=O)Cc2c(Cl)cccc2Cl)c1. The van der Waals surface area contributed by atoms with Crippen molar-refractivity contribution < 1.29 is 9.59 Å². The highest BCUT2D eigenvalue weighted by Gasteiger charge is 2.11. The first-order valence-electron chi connectivity index (χ1n) is 6.10. The summed E-state index contributed by atoms with van der Waals surface area (Å²) in [4.78, 5) is 23.1. The van der Waals surface area contributed by atoms with Gasteiger partial charge in [0.15, 0.2) is 0 Å². The van der Waals surface area contributed by atoms with Gasteiger partial charge in [0.05, 0.1) is 6.42 Å². The molecule has 0 aliphatic heterocycles. The summed E-state index contributed by atoms with van der Waals surface area (Å²) >= 11 is 12.0. The third kappa shape index (κ3) is 3.97. The number of nitrogens with two attached hydrogens (primary N) is 1. The molecule has 0 aliphatic carbocycles. The summed E-state index contributed by atoms with van der Waals surface area (Å²) in [5, 5.41) is 3.54. The van der Waals surface area contributed by atoms with E-state index in [1.807, 2.05) is 0 Å². The van der Waals surface area contributed by atoms with Gasteiger partial charge in [-0.2, -0.15) is 0 Å². The molecule has 0 spiro atoms. The number of anilines is 1. The van der Waals surface area contributed by atoms with E-state index in [0.29, 0.717) is 26.9 Å². The molecule has 0 saturated heterocycles. The molecule has 0 saturated carbocycles. The van der Waals surface area contributed by atoms with Gasteiger partial charge >= 0.3 is 0 Å². The Bertz CT molecular complexity index is 682. The Morgan fingerprint density at radius 1 is 1.05 bits per heavy atom. The van der Waals surface area contributed by atoms with Crippen molar-refractivity contribution in [2.75, 3.05) is 5.32 Å². The zero-order valence-electron chi connectivity index (χ0n) is 10.9. The molecule has 108 valence electrons. The molecule has 0 bridgehead atoms. The van der Waals surface area contributed by atoms with Crippen molar-refractivity contribution in [3.8, 4) is 0 Å². The van der Waals surface area contributed by atoms with Gasteiger partial charge in [-0.25, -0.2) is 0 Å². The van der Waals surface area contributed by atoms with Crippen LogP contribution in [0.1, 0.15) is 15.9 Å². The Kier molecular flexibility index (Phi) is 4.83. The largest absolute Gasteiger partial charge is 0.366 e. The normalized spacial score (nSPS) is 10.2. The summed E-state index contributed by atoms with van der Waals surface area (Å²) in [5.74, 6) is -0.841. The topological polar surface area (TPSA) is 72.2 Å². The van der Waals surface area contributed by atoms with Gasteiger partial charge in [-0.05, 0) is 35.9 Å². The van der Waals surface area contributed by atoms with Crippen LogP contribution in [0.5, 0.6) is 0 Å². The van der Waals surface area contributed by atoms with Crippen molar-refractivity contribution in [3.05, 3.63) is 63.6 Å². The number of halogens is 2. The second-order valence-electron chi connectivity index (χ2n) is 4.37. The Morgan fingerprint density at radius 3 is 2.29 bits per heavy atom. The van der Waals surface area contributed by atoms with Crippen molar-refractivity contribution >= 4 is 40.7 Å². The minimum Gasteiger partial charge on any atom is -0.366 e. The first kappa shape index (κ1) is 15.4. The van der Waals surface area contributed by atoms with Gasteiger partial charge in [0, 0.05) is 21.3 Å². The molecule has 0 aliphatic rings. The molecule has 21 heavy (non-hydrogen) atoms. The van der Waals surface area contributed by atoms with Crippen LogP contribution in [0.4, 0.5) is 5.69 Å². The fraction of sp³-hybridized carbons (Fsp3) is 0.0667. The fourth-order valence-electron chi connectivity index (χ4n) is 1.82. The van der Waals surface area contributed by atoms with Gasteiger partial charge in [-0.15, -0.1) is 0 Å². The maximum atomic E-state index is 12.0. The van der Waals surface area contributed by atoms with E-state index < -0.39 is 5.91 Å².